The molecule has 1 aliphatic heterocycles. The highest BCUT2D eigenvalue weighted by Crippen LogP contribution is 1.80. The van der Waals surface area contributed by atoms with E-state index in [4.69, 9.17) is 45.3 Å². The van der Waals surface area contributed by atoms with E-state index in [0.29, 0.717) is 0 Å². The lowest BCUT2D eigenvalue weighted by atomic mass is 15.7. The molecule has 11 nitrogen and oxygen atoms in total. The van der Waals surface area contributed by atoms with Crippen LogP contribution in [0.1, 0.15) is 0 Å². The molecule has 22 heteroatoms. The lowest BCUT2D eigenvalue weighted by Gasteiger charge is -2.10. The molecular weight excluding hydrogens is 485 g/mol. The van der Waals surface area contributed by atoms with Crippen LogP contribution in [0.5, 0.6) is 0 Å². The highest BCUT2D eigenvalue weighted by molar-refractivity contribution is 6.51. The molecule has 0 spiro atoms. The van der Waals surface area contributed by atoms with Crippen LogP contribution < -0.4 is 0 Å². The van der Waals surface area contributed by atoms with Gasteiger partial charge in [-0.3, -0.25) is 0 Å². The zero-order valence-electron chi connectivity index (χ0n) is 12.3. The average molecular weight is 507 g/mol. The van der Waals surface area contributed by atoms with E-state index in [9.17, 15) is 0 Å². The maximum Gasteiger partial charge on any atom is 0.286 e. The van der Waals surface area contributed by atoms with Gasteiger partial charge in [-0.25, -0.2) is 0 Å². The smallest absolute Gasteiger partial charge is 0.286 e. The fourth-order valence-electron chi connectivity index (χ4n) is 1.02. The van der Waals surface area contributed by atoms with Crippen molar-refractivity contribution in [2.45, 2.75) is 0 Å². The van der Waals surface area contributed by atoms with Crippen molar-refractivity contribution in [1.29, 1.82) is 0 Å². The van der Waals surface area contributed by atoms with E-state index >= 15 is 0 Å². The van der Waals surface area contributed by atoms with Crippen LogP contribution in [0.2, 0.25) is 0 Å². The van der Waals surface area contributed by atoms with Gasteiger partial charge in [0.25, 0.3) is 110 Å². The molecule has 0 N–H and O–H groups in total. The third-order valence-electron chi connectivity index (χ3n) is 1.83. The molecule has 0 radical (unpaired) electrons. The van der Waals surface area contributed by atoms with E-state index in [1.54, 1.807) is 0 Å². The van der Waals surface area contributed by atoms with Crippen LogP contribution in [0, 0.1) is 0 Å². The predicted molar refractivity (Wildman–Crippen MR) is 106 cm³/mol. The molecule has 0 saturated carbocycles. The monoisotopic (exact) mass is 506 g/mol. The Balaban J connectivity index is 2.00. The SMILES string of the molecule is O1[SiH2]O[SiH2]O[SiH2]O[SiH2]O[SiH2]O[SiH2]O[SiH2]O[SiH2]O[SiH2]O[SiH2]O[SiH2]1. The quantitative estimate of drug-likeness (QED) is 0.293. The molecule has 0 unspecified atom stereocenters. The van der Waals surface area contributed by atoms with Gasteiger partial charge in [-0.05, 0) is 0 Å². The van der Waals surface area contributed by atoms with Crippen molar-refractivity contribution in [3.63, 3.8) is 0 Å². The topological polar surface area (TPSA) is 102 Å². The van der Waals surface area contributed by atoms with Crippen molar-refractivity contribution in [3.05, 3.63) is 0 Å². The van der Waals surface area contributed by atoms with E-state index in [-0.39, 0.29) is 0 Å². The summed E-state index contributed by atoms with van der Waals surface area (Å²) in [5.74, 6) is 0. The molecule has 1 heterocycles. The molecule has 1 saturated heterocycles. The van der Waals surface area contributed by atoms with Gasteiger partial charge in [0.15, 0.2) is 0 Å². The van der Waals surface area contributed by atoms with Crippen molar-refractivity contribution in [2.24, 2.45) is 0 Å². The van der Waals surface area contributed by atoms with E-state index in [1.165, 1.54) is 0 Å². The fourth-order valence-corrected chi connectivity index (χ4v) is 20.9. The highest BCUT2D eigenvalue weighted by atomic mass is 28.4. The average Bonchev–Trinajstić information content (AvgIpc) is 2.53. The van der Waals surface area contributed by atoms with Crippen molar-refractivity contribution in [3.8, 4) is 0 Å². The van der Waals surface area contributed by atoms with Crippen LogP contribution in [-0.4, -0.2) is 110 Å². The summed E-state index contributed by atoms with van der Waals surface area (Å²) in [4.78, 5) is 0. The Hall–Kier alpha value is 1.95. The first-order valence-electron chi connectivity index (χ1n) is 6.35. The third-order valence-corrected chi connectivity index (χ3v) is 16.5. The minimum atomic E-state index is -0.943. The van der Waals surface area contributed by atoms with Crippen LogP contribution in [0.25, 0.3) is 0 Å². The molecular formula is H22O11Si11. The summed E-state index contributed by atoms with van der Waals surface area (Å²) < 4.78 is 59.3. The molecule has 132 valence electrons. The standard InChI is InChI=1S/H22O11Si11/c1-12-2-14-4-16-6-18-8-20-10-22-11-21-9-19-7-17-5-15-3-13-1/h12-22H2. The Morgan fingerprint density at radius 2 is 0.273 bits per heavy atom. The Bertz CT molecular complexity index is 120. The first kappa shape index (κ1) is 22.0. The molecule has 1 fully saturated rings. The van der Waals surface area contributed by atoms with Crippen LogP contribution >= 0.6 is 0 Å². The van der Waals surface area contributed by atoms with Crippen LogP contribution in [0.15, 0.2) is 0 Å². The van der Waals surface area contributed by atoms with Gasteiger partial charge in [0.2, 0.25) is 0 Å². The molecule has 0 bridgehead atoms. The van der Waals surface area contributed by atoms with Crippen molar-refractivity contribution < 1.29 is 45.3 Å². The molecule has 0 aromatic carbocycles. The molecule has 0 aromatic rings. The fraction of sp³-hybridized carbons (Fsp3) is 0. The predicted octanol–water partition coefficient (Wildman–Crippen LogP) is -10.8. The van der Waals surface area contributed by atoms with Crippen LogP contribution in [-0.2, 0) is 45.3 Å². The maximum absolute atomic E-state index is 5.39. The first-order valence-corrected chi connectivity index (χ1v) is 19.1. The van der Waals surface area contributed by atoms with E-state index in [0.717, 1.165) is 0 Å². The summed E-state index contributed by atoms with van der Waals surface area (Å²) in [5, 5.41) is 0. The summed E-state index contributed by atoms with van der Waals surface area (Å²) in [6.07, 6.45) is 0. The van der Waals surface area contributed by atoms with Gasteiger partial charge in [0, 0.05) is 0 Å². The lowest BCUT2D eigenvalue weighted by molar-refractivity contribution is 0.350. The second-order valence-electron chi connectivity index (χ2n) is 3.54. The molecule has 0 aliphatic carbocycles. The highest BCUT2D eigenvalue weighted by Gasteiger charge is 1.98. The van der Waals surface area contributed by atoms with E-state index < -0.39 is 110 Å². The lowest BCUT2D eigenvalue weighted by Crippen LogP contribution is -2.23. The molecule has 22 heavy (non-hydrogen) atoms. The minimum absolute atomic E-state index is 0.943. The van der Waals surface area contributed by atoms with Gasteiger partial charge in [-0.15, -0.1) is 0 Å². The van der Waals surface area contributed by atoms with Gasteiger partial charge >= 0.3 is 0 Å². The molecule has 1 aliphatic rings. The molecule has 0 aromatic heterocycles. The summed E-state index contributed by atoms with van der Waals surface area (Å²) in [6.45, 7) is 0. The number of hydrogen-bond acceptors (Lipinski definition) is 11. The Morgan fingerprint density at radius 3 is 0.364 bits per heavy atom. The third kappa shape index (κ3) is 16.8. The van der Waals surface area contributed by atoms with Gasteiger partial charge < -0.3 is 45.3 Å². The summed E-state index contributed by atoms with van der Waals surface area (Å²) >= 11 is 0. The normalized spacial score (nSPS) is 36.0. The van der Waals surface area contributed by atoms with Gasteiger partial charge in [0.1, 0.15) is 0 Å². The van der Waals surface area contributed by atoms with Gasteiger partial charge in [-0.2, -0.15) is 0 Å². The van der Waals surface area contributed by atoms with Crippen molar-refractivity contribution >= 4 is 110 Å². The van der Waals surface area contributed by atoms with Gasteiger partial charge in [0.05, 0.1) is 0 Å². The second kappa shape index (κ2) is 19.3. The molecule has 1 rings (SSSR count). The van der Waals surface area contributed by atoms with E-state index in [1.807, 2.05) is 0 Å². The van der Waals surface area contributed by atoms with Crippen LogP contribution in [0.4, 0.5) is 0 Å². The molecule has 0 atom stereocenters. The Labute approximate surface area is 155 Å². The Kier molecular flexibility index (Phi) is 19.3. The summed E-state index contributed by atoms with van der Waals surface area (Å²) in [7, 11) is -10.4. The Morgan fingerprint density at radius 1 is 0.182 bits per heavy atom. The maximum atomic E-state index is 5.39. The van der Waals surface area contributed by atoms with Crippen LogP contribution in [0.3, 0.4) is 0 Å². The minimum Gasteiger partial charge on any atom is -0.425 e. The number of hydrogen-bond donors (Lipinski definition) is 0. The summed E-state index contributed by atoms with van der Waals surface area (Å²) in [6, 6.07) is 0. The largest absolute Gasteiger partial charge is 0.425 e. The zero-order chi connectivity index (χ0) is 15.6. The van der Waals surface area contributed by atoms with Crippen molar-refractivity contribution in [2.75, 3.05) is 0 Å². The van der Waals surface area contributed by atoms with E-state index in [2.05, 4.69) is 0 Å². The molecule has 0 amide bonds. The second-order valence-corrected chi connectivity index (χ2v) is 24.1. The van der Waals surface area contributed by atoms with Gasteiger partial charge in [-0.1, -0.05) is 0 Å². The first-order chi connectivity index (χ1) is 11.0. The zero-order valence-corrected chi connectivity index (χ0v) is 27.8. The van der Waals surface area contributed by atoms with Crippen molar-refractivity contribution in [1.82, 2.24) is 0 Å². The number of rotatable bonds is 0. The summed E-state index contributed by atoms with van der Waals surface area (Å²) in [5.41, 5.74) is 0.